The van der Waals surface area contributed by atoms with Gasteiger partial charge in [-0.3, -0.25) is 10.1 Å². The normalized spacial score (nSPS) is 8.83. The summed E-state index contributed by atoms with van der Waals surface area (Å²) in [7, 11) is 0. The lowest BCUT2D eigenvalue weighted by molar-refractivity contribution is -0.386. The maximum Gasteiger partial charge on any atom is 0.308 e. The smallest absolute Gasteiger partial charge is 0.308 e. The second kappa shape index (κ2) is 3.72. The molecule has 6 heteroatoms. The summed E-state index contributed by atoms with van der Waals surface area (Å²) in [4.78, 5) is 17.3. The average molecular weight is 170 g/mol. The van der Waals surface area contributed by atoms with Gasteiger partial charge in [0.05, 0.1) is 4.92 Å². The van der Waals surface area contributed by atoms with E-state index in [-0.39, 0.29) is 11.8 Å². The van der Waals surface area contributed by atoms with Crippen molar-refractivity contribution >= 4 is 5.69 Å². The lowest BCUT2D eigenvalue weighted by atomic mass is 10.4. The van der Waals surface area contributed by atoms with E-state index in [1.54, 1.807) is 13.8 Å². The number of aromatic nitrogens is 2. The predicted octanol–water partition coefficient (Wildman–Crippen LogP) is 1.16. The summed E-state index contributed by atoms with van der Waals surface area (Å²) in [6.07, 6.45) is 1.22. The van der Waals surface area contributed by atoms with Crippen LogP contribution in [0.3, 0.4) is 0 Å². The molecule has 1 aromatic rings. The van der Waals surface area contributed by atoms with Gasteiger partial charge in [0.1, 0.15) is 17.7 Å². The number of hydrogen-bond donors (Lipinski definition) is 1. The fourth-order valence-electron chi connectivity index (χ4n) is 0.756. The first-order valence-corrected chi connectivity index (χ1v) is 3.06. The quantitative estimate of drug-likeness (QED) is 0.503. The van der Waals surface area contributed by atoms with E-state index in [9.17, 15) is 10.1 Å². The molecule has 0 aliphatic carbocycles. The Labute approximate surface area is 69.4 Å². The van der Waals surface area contributed by atoms with E-state index in [1.165, 1.54) is 6.20 Å². The molecule has 1 heterocycles. The van der Waals surface area contributed by atoms with Gasteiger partial charge in [0, 0.05) is 0 Å². The maximum absolute atomic E-state index is 10.3. The molecule has 6 nitrogen and oxygen atoms in total. The Hall–Kier alpha value is -1.56. The fraction of sp³-hybridized carbons (Fsp3) is 0.333. The first-order valence-electron chi connectivity index (χ1n) is 3.06. The van der Waals surface area contributed by atoms with Crippen LogP contribution in [0.1, 0.15) is 11.5 Å². The summed E-state index contributed by atoms with van der Waals surface area (Å²) >= 11 is 0. The zero-order valence-corrected chi connectivity index (χ0v) is 6.94. The molecule has 66 valence electrons. The van der Waals surface area contributed by atoms with Crippen molar-refractivity contribution in [2.24, 2.45) is 0 Å². The molecule has 0 fully saturated rings. The van der Waals surface area contributed by atoms with Gasteiger partial charge in [-0.05, 0) is 13.8 Å². The average Bonchev–Trinajstić information content (AvgIpc) is 1.85. The Morgan fingerprint density at radius 1 is 1.50 bits per heavy atom. The Kier molecular flexibility index (Phi) is 3.24. The van der Waals surface area contributed by atoms with Gasteiger partial charge < -0.3 is 6.15 Å². The molecule has 0 saturated carbocycles. The van der Waals surface area contributed by atoms with Gasteiger partial charge >= 0.3 is 5.69 Å². The Balaban J connectivity index is 0.00000121. The van der Waals surface area contributed by atoms with E-state index in [2.05, 4.69) is 9.97 Å². The van der Waals surface area contributed by atoms with E-state index >= 15 is 0 Å². The van der Waals surface area contributed by atoms with Gasteiger partial charge in [0.2, 0.25) is 0 Å². The molecular formula is C6H10N4O2. The van der Waals surface area contributed by atoms with Crippen LogP contribution in [0.15, 0.2) is 6.20 Å². The second-order valence-electron chi connectivity index (χ2n) is 2.14. The van der Waals surface area contributed by atoms with Crippen LogP contribution in [-0.2, 0) is 0 Å². The molecule has 0 unspecified atom stereocenters. The molecule has 0 aromatic carbocycles. The summed E-state index contributed by atoms with van der Waals surface area (Å²) in [5, 5.41) is 10.3. The van der Waals surface area contributed by atoms with Gasteiger partial charge in [-0.1, -0.05) is 0 Å². The van der Waals surface area contributed by atoms with E-state index in [0.717, 1.165) is 0 Å². The van der Waals surface area contributed by atoms with Gasteiger partial charge in [-0.2, -0.15) is 0 Å². The largest absolute Gasteiger partial charge is 0.344 e. The lowest BCUT2D eigenvalue weighted by Gasteiger charge is -1.94. The topological polar surface area (TPSA) is 104 Å². The molecule has 0 spiro atoms. The van der Waals surface area contributed by atoms with E-state index in [0.29, 0.717) is 11.5 Å². The van der Waals surface area contributed by atoms with Crippen LogP contribution in [0.4, 0.5) is 5.69 Å². The summed E-state index contributed by atoms with van der Waals surface area (Å²) < 4.78 is 0. The number of nitro groups is 1. The van der Waals surface area contributed by atoms with Crippen molar-refractivity contribution in [1.29, 1.82) is 0 Å². The minimum absolute atomic E-state index is 0. The van der Waals surface area contributed by atoms with E-state index in [4.69, 9.17) is 0 Å². The first-order chi connectivity index (χ1) is 5.11. The van der Waals surface area contributed by atoms with Crippen LogP contribution >= 0.6 is 0 Å². The van der Waals surface area contributed by atoms with Crippen molar-refractivity contribution in [3.8, 4) is 0 Å². The fourth-order valence-corrected chi connectivity index (χ4v) is 0.756. The van der Waals surface area contributed by atoms with Gasteiger partial charge in [-0.25, -0.2) is 9.97 Å². The van der Waals surface area contributed by atoms with Crippen LogP contribution in [0.5, 0.6) is 0 Å². The summed E-state index contributed by atoms with van der Waals surface area (Å²) in [5.74, 6) is 0.549. The highest BCUT2D eigenvalue weighted by Crippen LogP contribution is 2.12. The lowest BCUT2D eigenvalue weighted by Crippen LogP contribution is -1.97. The first kappa shape index (κ1) is 10.4. The van der Waals surface area contributed by atoms with E-state index < -0.39 is 4.92 Å². The third-order valence-electron chi connectivity index (χ3n) is 1.27. The molecule has 0 aliphatic rings. The molecule has 0 aliphatic heterocycles. The molecule has 3 N–H and O–H groups in total. The molecule has 12 heavy (non-hydrogen) atoms. The number of hydrogen-bond acceptors (Lipinski definition) is 5. The summed E-state index contributed by atoms with van der Waals surface area (Å²) in [6.45, 7) is 3.28. The number of rotatable bonds is 1. The molecule has 0 amide bonds. The summed E-state index contributed by atoms with van der Waals surface area (Å²) in [5.41, 5.74) is 0.373. The summed E-state index contributed by atoms with van der Waals surface area (Å²) in [6, 6.07) is 0. The van der Waals surface area contributed by atoms with Crippen LogP contribution in [0.2, 0.25) is 0 Å². The van der Waals surface area contributed by atoms with E-state index in [1.807, 2.05) is 0 Å². The highest BCUT2D eigenvalue weighted by Gasteiger charge is 2.10. The maximum atomic E-state index is 10.3. The third kappa shape index (κ3) is 1.96. The van der Waals surface area contributed by atoms with Crippen molar-refractivity contribution < 1.29 is 4.92 Å². The van der Waals surface area contributed by atoms with Crippen LogP contribution in [0.25, 0.3) is 0 Å². The van der Waals surface area contributed by atoms with Gasteiger partial charge in [0.25, 0.3) is 0 Å². The van der Waals surface area contributed by atoms with Crippen molar-refractivity contribution in [2.45, 2.75) is 13.8 Å². The second-order valence-corrected chi connectivity index (χ2v) is 2.14. The van der Waals surface area contributed by atoms with Crippen LogP contribution in [0, 0.1) is 24.0 Å². The minimum atomic E-state index is -0.491. The zero-order chi connectivity index (χ0) is 8.43. The number of nitrogens with zero attached hydrogens (tertiary/aromatic N) is 3. The highest BCUT2D eigenvalue weighted by atomic mass is 16.6. The molecule has 0 atom stereocenters. The van der Waals surface area contributed by atoms with Crippen molar-refractivity contribution in [1.82, 2.24) is 16.1 Å². The highest BCUT2D eigenvalue weighted by molar-refractivity contribution is 5.30. The molecule has 1 aromatic heterocycles. The van der Waals surface area contributed by atoms with Crippen molar-refractivity contribution in [2.75, 3.05) is 0 Å². The molecule has 1 rings (SSSR count). The molecule has 0 bridgehead atoms. The predicted molar refractivity (Wildman–Crippen MR) is 43.2 cm³/mol. The van der Waals surface area contributed by atoms with Gasteiger partial charge in [0.15, 0.2) is 0 Å². The third-order valence-corrected chi connectivity index (χ3v) is 1.27. The Morgan fingerprint density at radius 3 is 2.50 bits per heavy atom. The zero-order valence-electron chi connectivity index (χ0n) is 6.94. The van der Waals surface area contributed by atoms with Crippen LogP contribution < -0.4 is 6.15 Å². The molecular weight excluding hydrogens is 160 g/mol. The van der Waals surface area contributed by atoms with Crippen LogP contribution in [-0.4, -0.2) is 14.9 Å². The molecule has 0 saturated heterocycles. The van der Waals surface area contributed by atoms with Crippen molar-refractivity contribution in [3.63, 3.8) is 0 Å². The Bertz CT molecular complexity index is 300. The number of aryl methyl sites for hydroxylation is 2. The SMILES string of the molecule is Cc1ncc([N+](=O)[O-])c(C)n1.N. The minimum Gasteiger partial charge on any atom is -0.344 e. The standard InChI is InChI=1S/C6H7N3O2.H3N/c1-4-6(9(10)11)3-7-5(2)8-4;/h3H,1-2H3;1H3. The monoisotopic (exact) mass is 170 g/mol. The van der Waals surface area contributed by atoms with Gasteiger partial charge in [-0.15, -0.1) is 0 Å². The molecule has 0 radical (unpaired) electrons. The van der Waals surface area contributed by atoms with Crippen molar-refractivity contribution in [3.05, 3.63) is 27.8 Å². The Morgan fingerprint density at radius 2 is 2.08 bits per heavy atom.